The Morgan fingerprint density at radius 1 is 1.10 bits per heavy atom. The van der Waals surface area contributed by atoms with Crippen molar-refractivity contribution in [2.24, 2.45) is 11.8 Å². The van der Waals surface area contributed by atoms with E-state index in [9.17, 15) is 14.4 Å². The van der Waals surface area contributed by atoms with E-state index < -0.39 is 5.92 Å². The first-order chi connectivity index (χ1) is 15.1. The number of hydrogen-bond donors (Lipinski definition) is 1. The normalized spacial score (nSPS) is 21.6. The van der Waals surface area contributed by atoms with Gasteiger partial charge < -0.3 is 15.0 Å². The van der Waals surface area contributed by atoms with Crippen LogP contribution in [0.15, 0.2) is 30.3 Å². The van der Waals surface area contributed by atoms with Crippen molar-refractivity contribution in [2.45, 2.75) is 77.3 Å². The molecule has 0 bridgehead atoms. The Hall–Kier alpha value is -2.37. The minimum Gasteiger partial charge on any atom is -0.466 e. The summed E-state index contributed by atoms with van der Waals surface area (Å²) in [6.07, 6.45) is 7.75. The predicted octanol–water partition coefficient (Wildman–Crippen LogP) is 3.83. The van der Waals surface area contributed by atoms with Gasteiger partial charge >= 0.3 is 5.97 Å². The van der Waals surface area contributed by atoms with Crippen LogP contribution in [0.4, 0.5) is 0 Å². The van der Waals surface area contributed by atoms with Crippen LogP contribution in [0.25, 0.3) is 0 Å². The Morgan fingerprint density at radius 3 is 2.61 bits per heavy atom. The molecule has 1 aliphatic heterocycles. The number of piperidine rings is 1. The van der Waals surface area contributed by atoms with Crippen LogP contribution < -0.4 is 5.32 Å². The van der Waals surface area contributed by atoms with Gasteiger partial charge in [-0.25, -0.2) is 0 Å². The van der Waals surface area contributed by atoms with Crippen LogP contribution in [-0.4, -0.2) is 41.9 Å². The van der Waals surface area contributed by atoms with E-state index in [2.05, 4.69) is 10.2 Å². The van der Waals surface area contributed by atoms with Crippen LogP contribution >= 0.6 is 0 Å². The molecule has 1 saturated heterocycles. The molecule has 2 amide bonds. The van der Waals surface area contributed by atoms with Gasteiger partial charge in [-0.1, -0.05) is 43.2 Å². The molecule has 2 fully saturated rings. The molecule has 1 aromatic rings. The molecule has 6 heteroatoms. The summed E-state index contributed by atoms with van der Waals surface area (Å²) in [5, 5.41) is 2.92. The fourth-order valence-corrected chi connectivity index (χ4v) is 5.05. The van der Waals surface area contributed by atoms with Gasteiger partial charge in [-0.05, 0) is 50.5 Å². The first kappa shape index (κ1) is 23.3. The lowest BCUT2D eigenvalue weighted by Gasteiger charge is -2.44. The fraction of sp³-hybridized carbons (Fsp3) is 0.640. The smallest absolute Gasteiger partial charge is 0.306 e. The summed E-state index contributed by atoms with van der Waals surface area (Å²) in [4.78, 5) is 40.0. The second kappa shape index (κ2) is 11.9. The van der Waals surface area contributed by atoms with E-state index in [0.717, 1.165) is 24.9 Å². The maximum Gasteiger partial charge on any atom is 0.306 e. The SMILES string of the molecule is CCOC(=O)CC(CCC(=O)N1CCCC2CCCCC21)C(=O)NCc1ccccc1. The van der Waals surface area contributed by atoms with E-state index >= 15 is 0 Å². The van der Waals surface area contributed by atoms with E-state index in [1.165, 1.54) is 25.7 Å². The summed E-state index contributed by atoms with van der Waals surface area (Å²) >= 11 is 0. The largest absolute Gasteiger partial charge is 0.466 e. The van der Waals surface area contributed by atoms with E-state index in [4.69, 9.17) is 4.74 Å². The molecule has 0 aromatic heterocycles. The molecule has 1 saturated carbocycles. The highest BCUT2D eigenvalue weighted by atomic mass is 16.5. The van der Waals surface area contributed by atoms with Crippen LogP contribution in [0.2, 0.25) is 0 Å². The third-order valence-electron chi connectivity index (χ3n) is 6.67. The number of hydrogen-bond acceptors (Lipinski definition) is 4. The highest BCUT2D eigenvalue weighted by molar-refractivity contribution is 5.84. The number of rotatable bonds is 9. The molecule has 3 unspecified atom stereocenters. The van der Waals surface area contributed by atoms with Gasteiger partial charge in [0.1, 0.15) is 0 Å². The second-order valence-electron chi connectivity index (χ2n) is 8.79. The summed E-state index contributed by atoms with van der Waals surface area (Å²) < 4.78 is 5.06. The Labute approximate surface area is 185 Å². The quantitative estimate of drug-likeness (QED) is 0.607. The van der Waals surface area contributed by atoms with Gasteiger partial charge in [0.25, 0.3) is 0 Å². The molecule has 6 nitrogen and oxygen atoms in total. The number of ether oxygens (including phenoxy) is 1. The molecule has 170 valence electrons. The molecule has 31 heavy (non-hydrogen) atoms. The lowest BCUT2D eigenvalue weighted by atomic mass is 9.78. The zero-order valence-electron chi connectivity index (χ0n) is 18.7. The predicted molar refractivity (Wildman–Crippen MR) is 119 cm³/mol. The lowest BCUT2D eigenvalue weighted by molar-refractivity contribution is -0.147. The summed E-state index contributed by atoms with van der Waals surface area (Å²) in [6, 6.07) is 10.0. The minimum absolute atomic E-state index is 0.00773. The number of nitrogens with one attached hydrogen (secondary N) is 1. The van der Waals surface area contributed by atoms with Crippen molar-refractivity contribution in [2.75, 3.05) is 13.2 Å². The van der Waals surface area contributed by atoms with Crippen molar-refractivity contribution < 1.29 is 19.1 Å². The number of carbonyl (C=O) groups is 3. The first-order valence-electron chi connectivity index (χ1n) is 11.8. The molecule has 3 atom stereocenters. The number of amides is 2. The Kier molecular flexibility index (Phi) is 8.92. The summed E-state index contributed by atoms with van der Waals surface area (Å²) in [5.41, 5.74) is 0.999. The van der Waals surface area contributed by atoms with E-state index in [-0.39, 0.29) is 30.8 Å². The van der Waals surface area contributed by atoms with Gasteiger partial charge in [0.15, 0.2) is 0 Å². The number of carbonyl (C=O) groups excluding carboxylic acids is 3. The highest BCUT2D eigenvalue weighted by Gasteiger charge is 2.36. The first-order valence-corrected chi connectivity index (χ1v) is 11.8. The van der Waals surface area contributed by atoms with Crippen LogP contribution in [-0.2, 0) is 25.7 Å². The van der Waals surface area contributed by atoms with Crippen molar-refractivity contribution in [1.82, 2.24) is 10.2 Å². The molecule has 1 aliphatic carbocycles. The standard InChI is InChI=1S/C25H36N2O4/c1-2-31-24(29)17-21(25(30)26-18-19-9-4-3-5-10-19)14-15-23(28)27-16-8-12-20-11-6-7-13-22(20)27/h3-5,9-10,20-22H,2,6-8,11-18H2,1H3,(H,26,30). The average Bonchev–Trinajstić information content (AvgIpc) is 2.80. The molecular formula is C25H36N2O4. The van der Waals surface area contributed by atoms with Gasteiger partial charge in [0.05, 0.1) is 13.0 Å². The Bertz CT molecular complexity index is 734. The maximum atomic E-state index is 13.0. The summed E-state index contributed by atoms with van der Waals surface area (Å²) in [7, 11) is 0. The second-order valence-corrected chi connectivity index (χ2v) is 8.79. The third kappa shape index (κ3) is 6.81. The molecule has 0 spiro atoms. The van der Waals surface area contributed by atoms with E-state index in [1.807, 2.05) is 30.3 Å². The minimum atomic E-state index is -0.557. The van der Waals surface area contributed by atoms with Crippen molar-refractivity contribution in [3.05, 3.63) is 35.9 Å². The highest BCUT2D eigenvalue weighted by Crippen LogP contribution is 2.35. The number of fused-ring (bicyclic) bond motifs is 1. The van der Waals surface area contributed by atoms with Gasteiger partial charge in [-0.3, -0.25) is 14.4 Å². The number of benzene rings is 1. The molecule has 3 rings (SSSR count). The van der Waals surface area contributed by atoms with Crippen molar-refractivity contribution in [1.29, 1.82) is 0 Å². The Balaban J connectivity index is 1.57. The zero-order valence-corrected chi connectivity index (χ0v) is 18.7. The number of likely N-dealkylation sites (tertiary alicyclic amines) is 1. The van der Waals surface area contributed by atoms with E-state index in [0.29, 0.717) is 31.3 Å². The summed E-state index contributed by atoms with van der Waals surface area (Å²) in [6.45, 7) is 3.27. The summed E-state index contributed by atoms with van der Waals surface area (Å²) in [5.74, 6) is -0.380. The lowest BCUT2D eigenvalue weighted by Crippen LogP contribution is -2.49. The number of esters is 1. The van der Waals surface area contributed by atoms with Crippen molar-refractivity contribution in [3.63, 3.8) is 0 Å². The fourth-order valence-electron chi connectivity index (χ4n) is 5.05. The Morgan fingerprint density at radius 2 is 1.84 bits per heavy atom. The number of nitrogens with zero attached hydrogens (tertiary/aromatic N) is 1. The van der Waals surface area contributed by atoms with Crippen molar-refractivity contribution >= 4 is 17.8 Å². The molecule has 1 N–H and O–H groups in total. The van der Waals surface area contributed by atoms with Gasteiger partial charge in [0.2, 0.25) is 11.8 Å². The maximum absolute atomic E-state index is 13.0. The zero-order chi connectivity index (χ0) is 22.1. The van der Waals surface area contributed by atoms with Crippen LogP contribution in [0.3, 0.4) is 0 Å². The monoisotopic (exact) mass is 428 g/mol. The average molecular weight is 429 g/mol. The van der Waals surface area contributed by atoms with Crippen LogP contribution in [0.1, 0.15) is 70.3 Å². The molecular weight excluding hydrogens is 392 g/mol. The van der Waals surface area contributed by atoms with Crippen LogP contribution in [0, 0.1) is 11.8 Å². The molecule has 1 heterocycles. The third-order valence-corrected chi connectivity index (χ3v) is 6.67. The molecule has 2 aliphatic rings. The molecule has 1 aromatic carbocycles. The molecule has 0 radical (unpaired) electrons. The van der Waals surface area contributed by atoms with Crippen LogP contribution in [0.5, 0.6) is 0 Å². The van der Waals surface area contributed by atoms with E-state index in [1.54, 1.807) is 6.92 Å². The van der Waals surface area contributed by atoms with Gasteiger partial charge in [-0.15, -0.1) is 0 Å². The topological polar surface area (TPSA) is 75.7 Å². The van der Waals surface area contributed by atoms with Crippen molar-refractivity contribution in [3.8, 4) is 0 Å². The van der Waals surface area contributed by atoms with Gasteiger partial charge in [0, 0.05) is 31.5 Å². The van der Waals surface area contributed by atoms with Gasteiger partial charge in [-0.2, -0.15) is 0 Å².